The second-order valence-electron chi connectivity index (χ2n) is 6.17. The van der Waals surface area contributed by atoms with E-state index in [9.17, 15) is 9.18 Å². The zero-order valence-corrected chi connectivity index (χ0v) is 13.1. The Bertz CT molecular complexity index is 642. The van der Waals surface area contributed by atoms with Crippen LogP contribution >= 0.6 is 0 Å². The number of amides is 1. The Kier molecular flexibility index (Phi) is 5.01. The van der Waals surface area contributed by atoms with Crippen molar-refractivity contribution in [3.05, 3.63) is 65.7 Å². The molecule has 23 heavy (non-hydrogen) atoms. The first-order chi connectivity index (χ1) is 11.2. The zero-order chi connectivity index (χ0) is 16.1. The largest absolute Gasteiger partial charge is 0.338 e. The van der Waals surface area contributed by atoms with Crippen molar-refractivity contribution < 1.29 is 9.18 Å². The number of nitrogens with zero attached hydrogens (tertiary/aromatic N) is 2. The monoisotopic (exact) mass is 312 g/mol. The quantitative estimate of drug-likeness (QED) is 0.862. The van der Waals surface area contributed by atoms with Gasteiger partial charge in [-0.2, -0.15) is 0 Å². The van der Waals surface area contributed by atoms with Crippen LogP contribution in [0, 0.1) is 11.7 Å². The molecule has 1 amide bonds. The van der Waals surface area contributed by atoms with Gasteiger partial charge in [0.1, 0.15) is 5.82 Å². The summed E-state index contributed by atoms with van der Waals surface area (Å²) in [6, 6.07) is 10.3. The number of rotatable bonds is 4. The molecule has 1 aliphatic rings. The van der Waals surface area contributed by atoms with Crippen molar-refractivity contribution >= 4 is 5.91 Å². The summed E-state index contributed by atoms with van der Waals surface area (Å²) in [5.41, 5.74) is 1.81. The number of benzene rings is 1. The lowest BCUT2D eigenvalue weighted by atomic mass is 9.91. The molecule has 2 aromatic rings. The minimum absolute atomic E-state index is 0.0737. The number of carbonyl (C=O) groups excluding carboxylic acids is 1. The summed E-state index contributed by atoms with van der Waals surface area (Å²) in [7, 11) is 0. The third-order valence-corrected chi connectivity index (χ3v) is 4.47. The standard InChI is InChI=1S/C19H21FN2O/c20-18-9-7-15(8-10-18)5-6-16-3-2-12-22(14-16)19(23)17-4-1-11-21-13-17/h1,4,7-11,13,16H,2-3,5-6,12,14H2/t16-/m1/s1. The molecule has 1 atom stereocenters. The highest BCUT2D eigenvalue weighted by Crippen LogP contribution is 2.23. The minimum atomic E-state index is -0.195. The summed E-state index contributed by atoms with van der Waals surface area (Å²) < 4.78 is 12.9. The second-order valence-corrected chi connectivity index (χ2v) is 6.17. The molecule has 1 aliphatic heterocycles. The number of hydrogen-bond donors (Lipinski definition) is 0. The first-order valence-corrected chi connectivity index (χ1v) is 8.16. The van der Waals surface area contributed by atoms with Crippen LogP contribution < -0.4 is 0 Å². The molecule has 4 heteroatoms. The number of carbonyl (C=O) groups is 1. The Morgan fingerprint density at radius 3 is 2.83 bits per heavy atom. The molecule has 2 heterocycles. The van der Waals surface area contributed by atoms with E-state index >= 15 is 0 Å². The highest BCUT2D eigenvalue weighted by molar-refractivity contribution is 5.93. The fraction of sp³-hybridized carbons (Fsp3) is 0.368. The number of likely N-dealkylation sites (tertiary alicyclic amines) is 1. The van der Waals surface area contributed by atoms with E-state index in [-0.39, 0.29) is 11.7 Å². The van der Waals surface area contributed by atoms with Crippen LogP contribution in [0.1, 0.15) is 35.2 Å². The molecule has 0 radical (unpaired) electrons. The van der Waals surface area contributed by atoms with E-state index in [0.717, 1.165) is 44.3 Å². The molecule has 0 spiro atoms. The van der Waals surface area contributed by atoms with E-state index in [1.54, 1.807) is 18.5 Å². The van der Waals surface area contributed by atoms with Crippen LogP contribution in [0.5, 0.6) is 0 Å². The van der Waals surface area contributed by atoms with Crippen LogP contribution in [0.15, 0.2) is 48.8 Å². The first-order valence-electron chi connectivity index (χ1n) is 8.16. The maximum absolute atomic E-state index is 12.9. The molecule has 0 unspecified atom stereocenters. The minimum Gasteiger partial charge on any atom is -0.338 e. The lowest BCUT2D eigenvalue weighted by Crippen LogP contribution is -2.40. The van der Waals surface area contributed by atoms with Crippen LogP contribution in [-0.4, -0.2) is 28.9 Å². The van der Waals surface area contributed by atoms with Gasteiger partial charge in [0.25, 0.3) is 5.91 Å². The topological polar surface area (TPSA) is 33.2 Å². The van der Waals surface area contributed by atoms with Crippen molar-refractivity contribution in [2.75, 3.05) is 13.1 Å². The lowest BCUT2D eigenvalue weighted by Gasteiger charge is -2.33. The van der Waals surface area contributed by atoms with Crippen LogP contribution in [-0.2, 0) is 6.42 Å². The van der Waals surface area contributed by atoms with Crippen LogP contribution in [0.2, 0.25) is 0 Å². The molecule has 3 rings (SSSR count). The molecular formula is C19H21FN2O. The van der Waals surface area contributed by atoms with E-state index in [2.05, 4.69) is 4.98 Å². The van der Waals surface area contributed by atoms with Gasteiger partial charge in [0.15, 0.2) is 0 Å². The van der Waals surface area contributed by atoms with Gasteiger partial charge in [-0.1, -0.05) is 12.1 Å². The summed E-state index contributed by atoms with van der Waals surface area (Å²) in [4.78, 5) is 18.5. The average Bonchev–Trinajstić information content (AvgIpc) is 2.61. The molecule has 1 aromatic heterocycles. The summed E-state index contributed by atoms with van der Waals surface area (Å²) in [6.45, 7) is 1.62. The van der Waals surface area contributed by atoms with E-state index < -0.39 is 0 Å². The summed E-state index contributed by atoms with van der Waals surface area (Å²) >= 11 is 0. The van der Waals surface area contributed by atoms with Gasteiger partial charge >= 0.3 is 0 Å². The molecular weight excluding hydrogens is 291 g/mol. The average molecular weight is 312 g/mol. The van der Waals surface area contributed by atoms with Crippen LogP contribution in [0.3, 0.4) is 0 Å². The van der Waals surface area contributed by atoms with E-state index in [4.69, 9.17) is 0 Å². The molecule has 1 aromatic carbocycles. The summed E-state index contributed by atoms with van der Waals surface area (Å²) in [5.74, 6) is 0.388. The first kappa shape index (κ1) is 15.7. The van der Waals surface area contributed by atoms with Gasteiger partial charge in [-0.15, -0.1) is 0 Å². The Hall–Kier alpha value is -2.23. The number of halogens is 1. The smallest absolute Gasteiger partial charge is 0.255 e. The van der Waals surface area contributed by atoms with Crippen molar-refractivity contribution in [1.82, 2.24) is 9.88 Å². The third-order valence-electron chi connectivity index (χ3n) is 4.47. The predicted octanol–water partition coefficient (Wildman–Crippen LogP) is 3.71. The molecule has 1 fully saturated rings. The molecule has 0 aliphatic carbocycles. The molecule has 0 N–H and O–H groups in total. The van der Waals surface area contributed by atoms with Crippen molar-refractivity contribution in [2.24, 2.45) is 5.92 Å². The molecule has 120 valence electrons. The summed E-state index contributed by atoms with van der Waals surface area (Å²) in [5, 5.41) is 0. The predicted molar refractivity (Wildman–Crippen MR) is 87.6 cm³/mol. The van der Waals surface area contributed by atoms with Crippen molar-refractivity contribution in [3.63, 3.8) is 0 Å². The molecule has 3 nitrogen and oxygen atoms in total. The lowest BCUT2D eigenvalue weighted by molar-refractivity contribution is 0.0668. The molecule has 1 saturated heterocycles. The maximum atomic E-state index is 12.9. The Morgan fingerprint density at radius 1 is 1.26 bits per heavy atom. The van der Waals surface area contributed by atoms with Crippen molar-refractivity contribution in [1.29, 1.82) is 0 Å². The van der Waals surface area contributed by atoms with Crippen LogP contribution in [0.4, 0.5) is 4.39 Å². The van der Waals surface area contributed by atoms with Gasteiger partial charge in [0.2, 0.25) is 0 Å². The summed E-state index contributed by atoms with van der Waals surface area (Å²) in [6.07, 6.45) is 7.46. The Morgan fingerprint density at radius 2 is 2.09 bits per heavy atom. The van der Waals surface area contributed by atoms with Gasteiger partial charge in [-0.25, -0.2) is 4.39 Å². The number of hydrogen-bond acceptors (Lipinski definition) is 2. The highest BCUT2D eigenvalue weighted by atomic mass is 19.1. The van der Waals surface area contributed by atoms with Gasteiger partial charge in [-0.05, 0) is 61.4 Å². The molecule has 0 bridgehead atoms. The third kappa shape index (κ3) is 4.15. The fourth-order valence-electron chi connectivity index (χ4n) is 3.18. The SMILES string of the molecule is O=C(c1cccnc1)N1CCC[C@H](CCc2ccc(F)cc2)C1. The van der Waals surface area contributed by atoms with Crippen molar-refractivity contribution in [3.8, 4) is 0 Å². The number of piperidine rings is 1. The van der Waals surface area contributed by atoms with Gasteiger partial charge in [0, 0.05) is 25.5 Å². The number of pyridine rings is 1. The van der Waals surface area contributed by atoms with Gasteiger partial charge in [-0.3, -0.25) is 9.78 Å². The second kappa shape index (κ2) is 7.36. The number of aryl methyl sites for hydroxylation is 1. The maximum Gasteiger partial charge on any atom is 0.255 e. The number of aromatic nitrogens is 1. The van der Waals surface area contributed by atoms with E-state index in [0.29, 0.717) is 11.5 Å². The van der Waals surface area contributed by atoms with E-state index in [1.165, 1.54) is 12.1 Å². The van der Waals surface area contributed by atoms with Gasteiger partial charge < -0.3 is 4.90 Å². The Labute approximate surface area is 136 Å². The Balaban J connectivity index is 1.56. The molecule has 0 saturated carbocycles. The fourth-order valence-corrected chi connectivity index (χ4v) is 3.18. The van der Waals surface area contributed by atoms with Crippen LogP contribution in [0.25, 0.3) is 0 Å². The highest BCUT2D eigenvalue weighted by Gasteiger charge is 2.24. The van der Waals surface area contributed by atoms with Gasteiger partial charge in [0.05, 0.1) is 5.56 Å². The van der Waals surface area contributed by atoms with E-state index in [1.807, 2.05) is 23.1 Å². The normalized spacial score (nSPS) is 18.0. The van der Waals surface area contributed by atoms with Crippen molar-refractivity contribution in [2.45, 2.75) is 25.7 Å². The zero-order valence-electron chi connectivity index (χ0n) is 13.1.